The second-order valence-corrected chi connectivity index (χ2v) is 7.22. The first-order chi connectivity index (χ1) is 11.1. The molecular weight excluding hydrogens is 326 g/mol. The van der Waals surface area contributed by atoms with Gasteiger partial charge in [0.05, 0.1) is 0 Å². The molecule has 0 saturated carbocycles. The number of carbonyl (C=O) groups is 1. The lowest BCUT2D eigenvalue weighted by Crippen LogP contribution is -2.27. The first-order valence-corrected chi connectivity index (χ1v) is 9.35. The monoisotopic (exact) mass is 347 g/mol. The maximum Gasteiger partial charge on any atom is 0.244 e. The molecule has 0 unspecified atom stereocenters. The average molecular weight is 348 g/mol. The molecule has 5 heteroatoms. The Kier molecular flexibility index (Phi) is 6.89. The maximum absolute atomic E-state index is 11.9. The van der Waals surface area contributed by atoms with Gasteiger partial charge in [0, 0.05) is 34.4 Å². The summed E-state index contributed by atoms with van der Waals surface area (Å²) in [5.41, 5.74) is 1.01. The summed E-state index contributed by atoms with van der Waals surface area (Å²) in [6.45, 7) is 2.52. The SMILES string of the molecule is CO[C@H](CNC(=O)/C=C/c1ccc(SC)cc1)c1ccc(C)s1. The third kappa shape index (κ3) is 5.53. The number of amides is 1. The fourth-order valence-corrected chi connectivity index (χ4v) is 3.43. The van der Waals surface area contributed by atoms with E-state index in [0.29, 0.717) is 6.54 Å². The van der Waals surface area contributed by atoms with E-state index in [9.17, 15) is 4.79 Å². The molecule has 0 aliphatic heterocycles. The summed E-state index contributed by atoms with van der Waals surface area (Å²) >= 11 is 3.39. The van der Waals surface area contributed by atoms with Crippen LogP contribution in [0.3, 0.4) is 0 Å². The van der Waals surface area contributed by atoms with Crippen LogP contribution in [0.15, 0.2) is 47.4 Å². The van der Waals surface area contributed by atoms with Gasteiger partial charge >= 0.3 is 0 Å². The lowest BCUT2D eigenvalue weighted by atomic mass is 10.2. The fourth-order valence-electron chi connectivity index (χ4n) is 2.07. The number of hydrogen-bond acceptors (Lipinski definition) is 4. The molecule has 122 valence electrons. The van der Waals surface area contributed by atoms with Gasteiger partial charge in [-0.15, -0.1) is 23.1 Å². The molecule has 2 aromatic rings. The standard InChI is InChI=1S/C18H21NO2S2/c1-13-4-10-17(23-13)16(21-2)12-19-18(20)11-7-14-5-8-15(22-3)9-6-14/h4-11,16H,12H2,1-3H3,(H,19,20)/b11-7+/t16-/m1/s1. The lowest BCUT2D eigenvalue weighted by Gasteiger charge is -2.13. The van der Waals surface area contributed by atoms with Gasteiger partial charge in [-0.3, -0.25) is 4.79 Å². The van der Waals surface area contributed by atoms with Crippen LogP contribution in [0.1, 0.15) is 21.4 Å². The summed E-state index contributed by atoms with van der Waals surface area (Å²) in [4.78, 5) is 15.5. The predicted octanol–water partition coefficient (Wildman–Crippen LogP) is 4.30. The second kappa shape index (κ2) is 8.91. The highest BCUT2D eigenvalue weighted by molar-refractivity contribution is 7.98. The van der Waals surface area contributed by atoms with E-state index in [1.54, 1.807) is 36.3 Å². The predicted molar refractivity (Wildman–Crippen MR) is 99.1 cm³/mol. The van der Waals surface area contributed by atoms with Crippen molar-refractivity contribution in [1.82, 2.24) is 5.32 Å². The number of carbonyl (C=O) groups excluding carboxylic acids is 1. The Bertz CT molecular complexity index is 662. The number of hydrogen-bond donors (Lipinski definition) is 1. The molecule has 1 N–H and O–H groups in total. The van der Waals surface area contributed by atoms with Crippen LogP contribution in [0.25, 0.3) is 6.08 Å². The van der Waals surface area contributed by atoms with Crippen LogP contribution in [0.4, 0.5) is 0 Å². The van der Waals surface area contributed by atoms with Crippen molar-refractivity contribution in [2.24, 2.45) is 0 Å². The number of nitrogens with one attached hydrogen (secondary N) is 1. The Morgan fingerprint density at radius 2 is 2.04 bits per heavy atom. The van der Waals surface area contributed by atoms with Crippen LogP contribution >= 0.6 is 23.1 Å². The van der Waals surface area contributed by atoms with Crippen LogP contribution < -0.4 is 5.32 Å². The minimum atomic E-state index is -0.116. The highest BCUT2D eigenvalue weighted by Gasteiger charge is 2.13. The van der Waals surface area contributed by atoms with Crippen molar-refractivity contribution in [2.75, 3.05) is 19.9 Å². The van der Waals surface area contributed by atoms with E-state index < -0.39 is 0 Å². The molecule has 0 saturated heterocycles. The van der Waals surface area contributed by atoms with E-state index in [4.69, 9.17) is 4.74 Å². The number of benzene rings is 1. The number of rotatable bonds is 7. The molecule has 0 aliphatic carbocycles. The minimum Gasteiger partial charge on any atom is -0.374 e. The first-order valence-electron chi connectivity index (χ1n) is 7.31. The summed E-state index contributed by atoms with van der Waals surface area (Å²) in [6, 6.07) is 12.2. The minimum absolute atomic E-state index is 0.105. The van der Waals surface area contributed by atoms with E-state index >= 15 is 0 Å². The van der Waals surface area contributed by atoms with Gasteiger partial charge in [0.2, 0.25) is 5.91 Å². The molecule has 0 aliphatic rings. The van der Waals surface area contributed by atoms with Crippen LogP contribution in [-0.2, 0) is 9.53 Å². The van der Waals surface area contributed by atoms with Crippen molar-refractivity contribution in [3.63, 3.8) is 0 Å². The molecule has 1 aromatic carbocycles. The number of methoxy groups -OCH3 is 1. The molecule has 0 radical (unpaired) electrons. The van der Waals surface area contributed by atoms with Crippen molar-refractivity contribution in [3.8, 4) is 0 Å². The fraction of sp³-hybridized carbons (Fsp3) is 0.278. The largest absolute Gasteiger partial charge is 0.374 e. The zero-order valence-corrected chi connectivity index (χ0v) is 15.2. The van der Waals surface area contributed by atoms with Crippen LogP contribution in [-0.4, -0.2) is 25.8 Å². The van der Waals surface area contributed by atoms with Gasteiger partial charge in [-0.2, -0.15) is 0 Å². The van der Waals surface area contributed by atoms with Crippen molar-refractivity contribution in [1.29, 1.82) is 0 Å². The van der Waals surface area contributed by atoms with Crippen LogP contribution in [0.2, 0.25) is 0 Å². The van der Waals surface area contributed by atoms with E-state index in [1.807, 2.05) is 42.7 Å². The first kappa shape index (κ1) is 17.8. The number of aryl methyl sites for hydroxylation is 1. The highest BCUT2D eigenvalue weighted by Crippen LogP contribution is 2.24. The molecule has 23 heavy (non-hydrogen) atoms. The molecule has 3 nitrogen and oxygen atoms in total. The summed E-state index contributed by atoms with van der Waals surface area (Å²) in [5, 5.41) is 2.89. The molecule has 1 heterocycles. The van der Waals surface area contributed by atoms with Crippen LogP contribution in [0.5, 0.6) is 0 Å². The second-order valence-electron chi connectivity index (χ2n) is 5.02. The Morgan fingerprint density at radius 3 is 2.61 bits per heavy atom. The topological polar surface area (TPSA) is 38.3 Å². The molecular formula is C18H21NO2S2. The van der Waals surface area contributed by atoms with E-state index in [-0.39, 0.29) is 12.0 Å². The summed E-state index contributed by atoms with van der Waals surface area (Å²) < 4.78 is 5.46. The smallest absolute Gasteiger partial charge is 0.244 e. The highest BCUT2D eigenvalue weighted by atomic mass is 32.2. The number of ether oxygens (including phenoxy) is 1. The zero-order chi connectivity index (χ0) is 16.7. The van der Waals surface area contributed by atoms with Crippen molar-refractivity contribution >= 4 is 35.1 Å². The molecule has 1 amide bonds. The summed E-state index contributed by atoms with van der Waals surface area (Å²) in [6.07, 6.45) is 5.31. The van der Waals surface area contributed by atoms with Gasteiger partial charge < -0.3 is 10.1 Å². The molecule has 1 aromatic heterocycles. The molecule has 0 bridgehead atoms. The zero-order valence-electron chi connectivity index (χ0n) is 13.5. The molecule has 2 rings (SSSR count). The third-order valence-electron chi connectivity index (χ3n) is 3.37. The van der Waals surface area contributed by atoms with E-state index in [2.05, 4.69) is 18.3 Å². The quantitative estimate of drug-likeness (QED) is 0.599. The molecule has 0 fully saturated rings. The summed E-state index contributed by atoms with van der Waals surface area (Å²) in [5.74, 6) is -0.116. The van der Waals surface area contributed by atoms with Gasteiger partial charge in [0.15, 0.2) is 0 Å². The molecule has 1 atom stereocenters. The van der Waals surface area contributed by atoms with Gasteiger partial charge in [-0.25, -0.2) is 0 Å². The van der Waals surface area contributed by atoms with Crippen molar-refractivity contribution in [2.45, 2.75) is 17.9 Å². The van der Waals surface area contributed by atoms with Crippen molar-refractivity contribution < 1.29 is 9.53 Å². The van der Waals surface area contributed by atoms with E-state index in [1.165, 1.54) is 9.77 Å². The van der Waals surface area contributed by atoms with Gasteiger partial charge in [0.1, 0.15) is 6.10 Å². The lowest BCUT2D eigenvalue weighted by molar-refractivity contribution is -0.117. The average Bonchev–Trinajstić information content (AvgIpc) is 3.00. The number of thiophene rings is 1. The number of thioether (sulfide) groups is 1. The van der Waals surface area contributed by atoms with Gasteiger partial charge in [-0.05, 0) is 49.1 Å². The Hall–Kier alpha value is -1.56. The van der Waals surface area contributed by atoms with Gasteiger partial charge in [0.25, 0.3) is 0 Å². The van der Waals surface area contributed by atoms with Crippen molar-refractivity contribution in [3.05, 3.63) is 57.8 Å². The third-order valence-corrected chi connectivity index (χ3v) is 5.20. The van der Waals surface area contributed by atoms with E-state index in [0.717, 1.165) is 10.4 Å². The van der Waals surface area contributed by atoms with Gasteiger partial charge in [-0.1, -0.05) is 12.1 Å². The Morgan fingerprint density at radius 1 is 1.30 bits per heavy atom. The Balaban J connectivity index is 1.87. The van der Waals surface area contributed by atoms with Crippen LogP contribution in [0, 0.1) is 6.92 Å². The Labute approximate surface area is 145 Å². The normalized spacial score (nSPS) is 12.5. The molecule has 0 spiro atoms. The summed E-state index contributed by atoms with van der Waals surface area (Å²) in [7, 11) is 1.66. The maximum atomic E-state index is 11.9.